The van der Waals surface area contributed by atoms with Crippen LogP contribution in [0.5, 0.6) is 5.75 Å². The average Bonchev–Trinajstić information content (AvgIpc) is 2.66. The molecule has 0 radical (unpaired) electrons. The number of hydrogen-bond acceptors (Lipinski definition) is 3. The molecule has 0 unspecified atom stereocenters. The number of carbonyl (C=O) groups is 2. The minimum atomic E-state index is -0.686. The van der Waals surface area contributed by atoms with Crippen LogP contribution in [0.2, 0.25) is 0 Å². The van der Waals surface area contributed by atoms with Crippen molar-refractivity contribution in [1.82, 2.24) is 10.2 Å². The fourth-order valence-corrected chi connectivity index (χ4v) is 2.83. The first-order valence-electron chi connectivity index (χ1n) is 9.70. The van der Waals surface area contributed by atoms with Crippen molar-refractivity contribution in [2.24, 2.45) is 0 Å². The Morgan fingerprint density at radius 1 is 1.07 bits per heavy atom. The molecule has 0 aliphatic rings. The molecular formula is C23H29FN2O3. The number of ether oxygens (including phenoxy) is 1. The Morgan fingerprint density at radius 3 is 2.31 bits per heavy atom. The number of amides is 2. The summed E-state index contributed by atoms with van der Waals surface area (Å²) in [5.74, 6) is -1.14. The highest BCUT2D eigenvalue weighted by Gasteiger charge is 2.28. The van der Waals surface area contributed by atoms with Crippen LogP contribution in [0.25, 0.3) is 0 Å². The maximum Gasteiger partial charge on any atom is 0.261 e. The van der Waals surface area contributed by atoms with E-state index in [-0.39, 0.29) is 24.2 Å². The van der Waals surface area contributed by atoms with Gasteiger partial charge in [0.2, 0.25) is 5.91 Å². The molecule has 6 heteroatoms. The summed E-state index contributed by atoms with van der Waals surface area (Å²) in [4.78, 5) is 27.0. The van der Waals surface area contributed by atoms with Crippen LogP contribution in [0, 0.1) is 5.82 Å². The maximum atomic E-state index is 13.8. The quantitative estimate of drug-likeness (QED) is 0.737. The van der Waals surface area contributed by atoms with Gasteiger partial charge in [-0.3, -0.25) is 9.59 Å². The van der Waals surface area contributed by atoms with E-state index in [1.165, 1.54) is 17.0 Å². The Balaban J connectivity index is 2.10. The van der Waals surface area contributed by atoms with Crippen molar-refractivity contribution >= 4 is 11.8 Å². The van der Waals surface area contributed by atoms with E-state index in [9.17, 15) is 14.0 Å². The molecule has 0 bridgehead atoms. The average molecular weight is 400 g/mol. The second-order valence-corrected chi connectivity index (χ2v) is 7.96. The number of benzene rings is 2. The summed E-state index contributed by atoms with van der Waals surface area (Å²) in [6, 6.07) is 15.0. The van der Waals surface area contributed by atoms with E-state index in [4.69, 9.17) is 4.74 Å². The van der Waals surface area contributed by atoms with E-state index >= 15 is 0 Å². The molecule has 0 spiro atoms. The smallest absolute Gasteiger partial charge is 0.261 e. The molecule has 0 saturated heterocycles. The Morgan fingerprint density at radius 2 is 1.69 bits per heavy atom. The number of nitrogens with zero attached hydrogens (tertiary/aromatic N) is 1. The molecule has 0 aromatic heterocycles. The molecule has 156 valence electrons. The fraction of sp³-hybridized carbons (Fsp3) is 0.391. The van der Waals surface area contributed by atoms with E-state index in [1.807, 2.05) is 51.1 Å². The third-order valence-electron chi connectivity index (χ3n) is 4.34. The number of halogens is 1. The largest absolute Gasteiger partial charge is 0.481 e. The minimum absolute atomic E-state index is 0.00987. The van der Waals surface area contributed by atoms with Crippen molar-refractivity contribution in [3.05, 3.63) is 66.0 Å². The van der Waals surface area contributed by atoms with Gasteiger partial charge < -0.3 is 15.0 Å². The molecule has 0 aliphatic carbocycles. The SMILES string of the molecule is C[C@H](C(=O)NC(C)(C)C)N(CCc1ccccc1)C(=O)COc1ccccc1F. The zero-order chi connectivity index (χ0) is 21.4. The van der Waals surface area contributed by atoms with Gasteiger partial charge in [0.1, 0.15) is 6.04 Å². The Hall–Kier alpha value is -2.89. The van der Waals surface area contributed by atoms with Gasteiger partial charge in [0.05, 0.1) is 0 Å². The zero-order valence-electron chi connectivity index (χ0n) is 17.4. The highest BCUT2D eigenvalue weighted by atomic mass is 19.1. The monoisotopic (exact) mass is 400 g/mol. The van der Waals surface area contributed by atoms with E-state index in [2.05, 4.69) is 5.32 Å². The van der Waals surface area contributed by atoms with Crippen LogP contribution in [0.4, 0.5) is 4.39 Å². The standard InChI is InChI=1S/C23H29FN2O3/c1-17(22(28)25-23(2,3)4)26(15-14-18-10-6-5-7-11-18)21(27)16-29-20-13-9-8-12-19(20)24/h5-13,17H,14-16H2,1-4H3,(H,25,28)/t17-/m1/s1. The molecule has 0 aliphatic heterocycles. The van der Waals surface area contributed by atoms with E-state index in [1.54, 1.807) is 19.1 Å². The van der Waals surface area contributed by atoms with Gasteiger partial charge in [-0.25, -0.2) is 4.39 Å². The summed E-state index contributed by atoms with van der Waals surface area (Å²) in [6.45, 7) is 7.34. The maximum absolute atomic E-state index is 13.8. The lowest BCUT2D eigenvalue weighted by Crippen LogP contribution is -2.53. The van der Waals surface area contributed by atoms with E-state index in [0.29, 0.717) is 13.0 Å². The van der Waals surface area contributed by atoms with E-state index in [0.717, 1.165) is 5.56 Å². The first-order chi connectivity index (χ1) is 13.7. The summed E-state index contributed by atoms with van der Waals surface area (Å²) in [5, 5.41) is 2.90. The van der Waals surface area contributed by atoms with Crippen LogP contribution in [-0.2, 0) is 16.0 Å². The first kappa shape index (κ1) is 22.4. The van der Waals surface area contributed by atoms with Gasteiger partial charge in [-0.05, 0) is 51.8 Å². The third kappa shape index (κ3) is 7.22. The number of rotatable bonds is 8. The number of carbonyl (C=O) groups excluding carboxylic acids is 2. The minimum Gasteiger partial charge on any atom is -0.481 e. The zero-order valence-corrected chi connectivity index (χ0v) is 17.4. The van der Waals surface area contributed by atoms with Crippen LogP contribution in [0.15, 0.2) is 54.6 Å². The Bertz CT molecular complexity index is 818. The molecular weight excluding hydrogens is 371 g/mol. The fourth-order valence-electron chi connectivity index (χ4n) is 2.83. The normalized spacial score (nSPS) is 12.2. The van der Waals surface area contributed by atoms with Crippen molar-refractivity contribution in [1.29, 1.82) is 0 Å². The topological polar surface area (TPSA) is 58.6 Å². The lowest BCUT2D eigenvalue weighted by molar-refractivity contribution is -0.142. The molecule has 2 aromatic carbocycles. The van der Waals surface area contributed by atoms with Crippen LogP contribution in [0.3, 0.4) is 0 Å². The van der Waals surface area contributed by atoms with Crippen LogP contribution >= 0.6 is 0 Å². The molecule has 0 heterocycles. The summed E-state index contributed by atoms with van der Waals surface area (Å²) >= 11 is 0. The van der Waals surface area contributed by atoms with E-state index < -0.39 is 17.4 Å². The third-order valence-corrected chi connectivity index (χ3v) is 4.34. The summed E-state index contributed by atoms with van der Waals surface area (Å²) < 4.78 is 19.1. The highest BCUT2D eigenvalue weighted by Crippen LogP contribution is 2.16. The molecule has 1 N–H and O–H groups in total. The molecule has 2 amide bonds. The van der Waals surface area contributed by atoms with Crippen LogP contribution in [-0.4, -0.2) is 41.4 Å². The number of hydrogen-bond donors (Lipinski definition) is 1. The van der Waals surface area contributed by atoms with Crippen molar-refractivity contribution in [3.63, 3.8) is 0 Å². The molecule has 5 nitrogen and oxygen atoms in total. The van der Waals surface area contributed by atoms with Gasteiger partial charge >= 0.3 is 0 Å². The molecule has 2 aromatic rings. The van der Waals surface area contributed by atoms with Crippen LogP contribution < -0.4 is 10.1 Å². The summed E-state index contributed by atoms with van der Waals surface area (Å²) in [7, 11) is 0. The number of nitrogens with one attached hydrogen (secondary N) is 1. The highest BCUT2D eigenvalue weighted by molar-refractivity contribution is 5.88. The summed E-state index contributed by atoms with van der Waals surface area (Å²) in [6.07, 6.45) is 0.597. The van der Waals surface area contributed by atoms with Gasteiger partial charge in [-0.1, -0.05) is 42.5 Å². The summed E-state index contributed by atoms with van der Waals surface area (Å²) in [5.41, 5.74) is 0.645. The second kappa shape index (κ2) is 10.0. The lowest BCUT2D eigenvalue weighted by Gasteiger charge is -2.31. The van der Waals surface area contributed by atoms with Gasteiger partial charge in [0.15, 0.2) is 18.2 Å². The van der Waals surface area contributed by atoms with Crippen molar-refractivity contribution in [3.8, 4) is 5.75 Å². The molecule has 0 fully saturated rings. The Labute approximate surface area is 171 Å². The van der Waals surface area contributed by atoms with Crippen molar-refractivity contribution < 1.29 is 18.7 Å². The molecule has 29 heavy (non-hydrogen) atoms. The molecule has 2 rings (SSSR count). The number of para-hydroxylation sites is 1. The molecule has 0 saturated carbocycles. The van der Waals surface area contributed by atoms with Gasteiger partial charge in [-0.15, -0.1) is 0 Å². The predicted molar refractivity (Wildman–Crippen MR) is 111 cm³/mol. The van der Waals surface area contributed by atoms with Gasteiger partial charge in [0.25, 0.3) is 5.91 Å². The predicted octanol–water partition coefficient (Wildman–Crippen LogP) is 3.58. The first-order valence-corrected chi connectivity index (χ1v) is 9.70. The van der Waals surface area contributed by atoms with Gasteiger partial charge in [0, 0.05) is 12.1 Å². The van der Waals surface area contributed by atoms with Crippen LogP contribution in [0.1, 0.15) is 33.3 Å². The van der Waals surface area contributed by atoms with Crippen molar-refractivity contribution in [2.75, 3.05) is 13.2 Å². The van der Waals surface area contributed by atoms with Gasteiger partial charge in [-0.2, -0.15) is 0 Å². The molecule has 1 atom stereocenters. The lowest BCUT2D eigenvalue weighted by atomic mass is 10.1. The second-order valence-electron chi connectivity index (χ2n) is 7.96. The Kier molecular flexibility index (Phi) is 7.76. The van der Waals surface area contributed by atoms with Crippen molar-refractivity contribution in [2.45, 2.75) is 45.7 Å².